The minimum absolute atomic E-state index is 0.0210. The molecule has 1 unspecified atom stereocenters. The van der Waals surface area contributed by atoms with E-state index in [9.17, 15) is 14.4 Å². The van der Waals surface area contributed by atoms with Crippen LogP contribution in [0.1, 0.15) is 88.9 Å². The zero-order valence-electron chi connectivity index (χ0n) is 21.8. The average Bonchev–Trinajstić information content (AvgIpc) is 2.84. The Morgan fingerprint density at radius 3 is 2.53 bits per heavy atom. The zero-order valence-corrected chi connectivity index (χ0v) is 22.7. The van der Waals surface area contributed by atoms with Crippen LogP contribution in [-0.2, 0) is 14.3 Å². The molecule has 1 atom stereocenters. The molecule has 0 aliphatic carbocycles. The summed E-state index contributed by atoms with van der Waals surface area (Å²) >= 11 is 5.44. The second-order valence-corrected chi connectivity index (χ2v) is 9.74. The largest absolute Gasteiger partial charge is 0.491 e. The molecule has 1 aromatic rings. The molecule has 36 heavy (non-hydrogen) atoms. The molecule has 0 radical (unpaired) electrons. The van der Waals surface area contributed by atoms with Crippen molar-refractivity contribution < 1.29 is 23.9 Å². The highest BCUT2D eigenvalue weighted by Gasteiger charge is 2.34. The van der Waals surface area contributed by atoms with Gasteiger partial charge in [0.25, 0.3) is 5.91 Å². The summed E-state index contributed by atoms with van der Waals surface area (Å²) in [5, 5.41) is 5.55. The molecule has 8 nitrogen and oxygen atoms in total. The predicted molar refractivity (Wildman–Crippen MR) is 144 cm³/mol. The first kappa shape index (κ1) is 29.5. The summed E-state index contributed by atoms with van der Waals surface area (Å²) in [4.78, 5) is 39.3. The van der Waals surface area contributed by atoms with Crippen molar-refractivity contribution >= 4 is 35.1 Å². The van der Waals surface area contributed by atoms with Gasteiger partial charge in [-0.2, -0.15) is 0 Å². The van der Waals surface area contributed by atoms with Crippen molar-refractivity contribution in [2.75, 3.05) is 19.7 Å². The number of nitrogens with zero attached hydrogens (tertiary/aromatic N) is 1. The standard InChI is InChI=1S/C27H41N3O5S/c1-4-5-6-7-8-9-10-11-17-34-24(31)19-23-26(33)28-15-16-30(23)27(36)29-25(32)21-13-12-14-22(18-21)35-20(2)3/h12-14,18,20,23H,4-11,15-17,19H2,1-3H3,(H,28,33)(H,29,32,36). The first-order valence-corrected chi connectivity index (χ1v) is 13.5. The average molecular weight is 520 g/mol. The Morgan fingerprint density at radius 1 is 1.14 bits per heavy atom. The molecule has 2 rings (SSSR count). The topological polar surface area (TPSA) is 97.0 Å². The van der Waals surface area contributed by atoms with Gasteiger partial charge < -0.3 is 19.7 Å². The lowest BCUT2D eigenvalue weighted by Crippen LogP contribution is -2.60. The summed E-state index contributed by atoms with van der Waals surface area (Å²) < 4.78 is 11.0. The van der Waals surface area contributed by atoms with Gasteiger partial charge >= 0.3 is 5.97 Å². The molecule has 1 heterocycles. The zero-order chi connectivity index (χ0) is 26.3. The van der Waals surface area contributed by atoms with Crippen molar-refractivity contribution in [2.24, 2.45) is 0 Å². The van der Waals surface area contributed by atoms with E-state index in [1.54, 1.807) is 29.2 Å². The number of hydrogen-bond acceptors (Lipinski definition) is 6. The van der Waals surface area contributed by atoms with Crippen LogP contribution < -0.4 is 15.4 Å². The number of carbonyl (C=O) groups is 3. The van der Waals surface area contributed by atoms with E-state index in [0.29, 0.717) is 31.0 Å². The van der Waals surface area contributed by atoms with Gasteiger partial charge in [-0.15, -0.1) is 0 Å². The maximum atomic E-state index is 12.8. The van der Waals surface area contributed by atoms with Crippen molar-refractivity contribution in [3.63, 3.8) is 0 Å². The minimum atomic E-state index is -0.826. The first-order chi connectivity index (χ1) is 17.3. The normalized spacial score (nSPS) is 15.4. The van der Waals surface area contributed by atoms with Crippen LogP contribution in [-0.4, -0.2) is 59.6 Å². The van der Waals surface area contributed by atoms with Crippen LogP contribution in [0.4, 0.5) is 0 Å². The van der Waals surface area contributed by atoms with Gasteiger partial charge in [-0.1, -0.05) is 57.9 Å². The number of benzene rings is 1. The van der Waals surface area contributed by atoms with E-state index in [0.717, 1.165) is 19.3 Å². The highest BCUT2D eigenvalue weighted by Crippen LogP contribution is 2.16. The Hall–Kier alpha value is -2.68. The monoisotopic (exact) mass is 519 g/mol. The Labute approximate surface area is 220 Å². The van der Waals surface area contributed by atoms with E-state index in [1.807, 2.05) is 13.8 Å². The van der Waals surface area contributed by atoms with Crippen LogP contribution >= 0.6 is 12.2 Å². The maximum absolute atomic E-state index is 12.8. The molecule has 9 heteroatoms. The molecule has 2 amide bonds. The number of nitrogens with one attached hydrogen (secondary N) is 2. The van der Waals surface area contributed by atoms with Crippen LogP contribution in [0.5, 0.6) is 5.75 Å². The van der Waals surface area contributed by atoms with E-state index in [4.69, 9.17) is 21.7 Å². The number of ether oxygens (including phenoxy) is 2. The van der Waals surface area contributed by atoms with Gasteiger partial charge in [0.2, 0.25) is 5.91 Å². The third kappa shape index (κ3) is 10.5. The Morgan fingerprint density at radius 2 is 1.83 bits per heavy atom. The van der Waals surface area contributed by atoms with E-state index in [1.165, 1.54) is 32.1 Å². The SMILES string of the molecule is CCCCCCCCCCOC(=O)CC1C(=O)NCCN1C(=S)NC(=O)c1cccc(OC(C)C)c1. The summed E-state index contributed by atoms with van der Waals surface area (Å²) in [6.45, 7) is 7.12. The molecular weight excluding hydrogens is 478 g/mol. The summed E-state index contributed by atoms with van der Waals surface area (Å²) in [5.41, 5.74) is 0.387. The van der Waals surface area contributed by atoms with Gasteiger partial charge in [0.15, 0.2) is 5.11 Å². The summed E-state index contributed by atoms with van der Waals surface area (Å²) in [6, 6.07) is 5.98. The van der Waals surface area contributed by atoms with Crippen molar-refractivity contribution in [1.29, 1.82) is 0 Å². The quantitative estimate of drug-likeness (QED) is 0.214. The Kier molecular flexibility index (Phi) is 13.2. The van der Waals surface area contributed by atoms with E-state index < -0.39 is 17.9 Å². The second-order valence-electron chi connectivity index (χ2n) is 9.35. The van der Waals surface area contributed by atoms with E-state index in [-0.39, 0.29) is 23.5 Å². The number of hydrogen-bond donors (Lipinski definition) is 2. The lowest BCUT2D eigenvalue weighted by molar-refractivity contribution is -0.147. The molecule has 1 aromatic carbocycles. The number of thiocarbonyl (C=S) groups is 1. The smallest absolute Gasteiger partial charge is 0.308 e. The Bertz CT molecular complexity index is 877. The van der Waals surface area contributed by atoms with Crippen molar-refractivity contribution in [3.05, 3.63) is 29.8 Å². The van der Waals surface area contributed by atoms with Gasteiger partial charge in [-0.3, -0.25) is 19.7 Å². The Balaban J connectivity index is 1.82. The number of unbranched alkanes of at least 4 members (excludes halogenated alkanes) is 7. The van der Waals surface area contributed by atoms with Crippen molar-refractivity contribution in [2.45, 2.75) is 90.7 Å². The van der Waals surface area contributed by atoms with Gasteiger partial charge in [0.1, 0.15) is 11.8 Å². The van der Waals surface area contributed by atoms with Gasteiger partial charge in [-0.25, -0.2) is 0 Å². The van der Waals surface area contributed by atoms with Crippen molar-refractivity contribution in [1.82, 2.24) is 15.5 Å². The third-order valence-electron chi connectivity index (χ3n) is 5.90. The number of piperazine rings is 1. The fraction of sp³-hybridized carbons (Fsp3) is 0.630. The summed E-state index contributed by atoms with van der Waals surface area (Å²) in [6.07, 6.45) is 9.11. The highest BCUT2D eigenvalue weighted by molar-refractivity contribution is 7.80. The predicted octanol–water partition coefficient (Wildman–Crippen LogP) is 4.36. The lowest BCUT2D eigenvalue weighted by Gasteiger charge is -2.36. The fourth-order valence-corrected chi connectivity index (χ4v) is 4.33. The molecule has 1 fully saturated rings. The molecule has 0 aromatic heterocycles. The summed E-state index contributed by atoms with van der Waals surface area (Å²) in [5.74, 6) is -0.582. The molecular formula is C27H41N3O5S. The highest BCUT2D eigenvalue weighted by atomic mass is 32.1. The summed E-state index contributed by atoms with van der Waals surface area (Å²) in [7, 11) is 0. The van der Waals surface area contributed by atoms with Crippen LogP contribution in [0, 0.1) is 0 Å². The van der Waals surface area contributed by atoms with E-state index in [2.05, 4.69) is 17.6 Å². The van der Waals surface area contributed by atoms with Gasteiger partial charge in [0, 0.05) is 18.7 Å². The molecule has 1 aliphatic rings. The number of amides is 2. The lowest BCUT2D eigenvalue weighted by atomic mass is 10.1. The molecule has 1 aliphatic heterocycles. The van der Waals surface area contributed by atoms with Crippen LogP contribution in [0.15, 0.2) is 24.3 Å². The number of carbonyl (C=O) groups excluding carboxylic acids is 3. The van der Waals surface area contributed by atoms with Crippen LogP contribution in [0.3, 0.4) is 0 Å². The number of esters is 1. The van der Waals surface area contributed by atoms with Crippen molar-refractivity contribution in [3.8, 4) is 5.75 Å². The molecule has 2 N–H and O–H groups in total. The maximum Gasteiger partial charge on any atom is 0.308 e. The van der Waals surface area contributed by atoms with Gasteiger partial charge in [-0.05, 0) is 50.7 Å². The van der Waals surface area contributed by atoms with Gasteiger partial charge in [0.05, 0.1) is 19.1 Å². The molecule has 1 saturated heterocycles. The molecule has 0 saturated carbocycles. The molecule has 200 valence electrons. The van der Waals surface area contributed by atoms with Crippen LogP contribution in [0.25, 0.3) is 0 Å². The second kappa shape index (κ2) is 16.1. The number of rotatable bonds is 14. The molecule has 0 spiro atoms. The molecule has 0 bridgehead atoms. The fourth-order valence-electron chi connectivity index (χ4n) is 4.02. The minimum Gasteiger partial charge on any atom is -0.491 e. The van der Waals surface area contributed by atoms with E-state index >= 15 is 0 Å². The first-order valence-electron chi connectivity index (χ1n) is 13.1. The third-order valence-corrected chi connectivity index (χ3v) is 6.24. The van der Waals surface area contributed by atoms with Crippen LogP contribution in [0.2, 0.25) is 0 Å².